The molecule has 2 aromatic heterocycles. The van der Waals surface area contributed by atoms with Gasteiger partial charge in [0.1, 0.15) is 11.2 Å². The second-order valence-corrected chi connectivity index (χ2v) is 12.3. The summed E-state index contributed by atoms with van der Waals surface area (Å²) >= 11 is 1.91. The average Bonchev–Trinajstić information content (AvgIpc) is 3.63. The van der Waals surface area contributed by atoms with Crippen LogP contribution in [0.4, 0.5) is 0 Å². The second-order valence-electron chi connectivity index (χ2n) is 11.2. The average molecular weight is 551 g/mol. The zero-order valence-electron chi connectivity index (χ0n) is 22.5. The van der Waals surface area contributed by atoms with Crippen molar-refractivity contribution >= 4 is 96.5 Å². The number of hydrogen-bond acceptors (Lipinski definition) is 2. The number of thiophene rings is 1. The van der Waals surface area contributed by atoms with Crippen molar-refractivity contribution in [3.8, 4) is 11.1 Å². The SMILES string of the molecule is c1ccc2c(c1)ccc1c2oc2ccc3cccc(-c4cccc5ccc6sc7c8ccccc8ccc7c6c45)c3c21. The summed E-state index contributed by atoms with van der Waals surface area (Å²) in [6, 6.07) is 48.7. The number of furan rings is 1. The van der Waals surface area contributed by atoms with Crippen LogP contribution >= 0.6 is 11.3 Å². The first-order valence-corrected chi connectivity index (χ1v) is 15.2. The van der Waals surface area contributed by atoms with Gasteiger partial charge in [0.15, 0.2) is 0 Å². The molecule has 1 nitrogen and oxygen atoms in total. The summed E-state index contributed by atoms with van der Waals surface area (Å²) in [5.41, 5.74) is 4.40. The molecule has 0 spiro atoms. The molecular formula is C40H22OS. The molecule has 0 saturated carbocycles. The Morgan fingerprint density at radius 2 is 0.976 bits per heavy atom. The van der Waals surface area contributed by atoms with Gasteiger partial charge in [-0.2, -0.15) is 0 Å². The second kappa shape index (κ2) is 8.19. The molecule has 10 aromatic rings. The molecule has 0 saturated heterocycles. The minimum Gasteiger partial charge on any atom is -0.455 e. The molecule has 0 fully saturated rings. The summed E-state index contributed by atoms with van der Waals surface area (Å²) in [7, 11) is 0. The fourth-order valence-electron chi connectivity index (χ4n) is 7.19. The van der Waals surface area contributed by atoms with E-state index in [4.69, 9.17) is 4.42 Å². The van der Waals surface area contributed by atoms with E-state index < -0.39 is 0 Å². The van der Waals surface area contributed by atoms with Crippen LogP contribution in [-0.2, 0) is 0 Å². The minimum atomic E-state index is 0.930. The fraction of sp³-hybridized carbons (Fsp3) is 0. The Kier molecular flexibility index (Phi) is 4.39. The highest BCUT2D eigenvalue weighted by Gasteiger charge is 2.19. The van der Waals surface area contributed by atoms with Crippen LogP contribution in [0.25, 0.3) is 96.3 Å². The molecule has 0 aliphatic carbocycles. The maximum atomic E-state index is 6.61. The number of benzene rings is 8. The molecule has 0 aliphatic heterocycles. The van der Waals surface area contributed by atoms with Gasteiger partial charge in [-0.3, -0.25) is 0 Å². The van der Waals surface area contributed by atoms with E-state index in [-0.39, 0.29) is 0 Å². The molecule has 0 N–H and O–H groups in total. The number of rotatable bonds is 1. The summed E-state index contributed by atoms with van der Waals surface area (Å²) < 4.78 is 9.30. The molecule has 194 valence electrons. The van der Waals surface area contributed by atoms with Gasteiger partial charge in [0.05, 0.1) is 0 Å². The molecule has 2 heterocycles. The largest absolute Gasteiger partial charge is 0.455 e. The number of hydrogen-bond donors (Lipinski definition) is 0. The lowest BCUT2D eigenvalue weighted by Crippen LogP contribution is -1.86. The highest BCUT2D eigenvalue weighted by atomic mass is 32.1. The molecule has 42 heavy (non-hydrogen) atoms. The Bertz CT molecular complexity index is 2550. The van der Waals surface area contributed by atoms with Gasteiger partial charge >= 0.3 is 0 Å². The lowest BCUT2D eigenvalue weighted by Gasteiger charge is -2.13. The van der Waals surface area contributed by atoms with Gasteiger partial charge in [0, 0.05) is 41.7 Å². The molecule has 0 atom stereocenters. The quantitative estimate of drug-likeness (QED) is 0.198. The highest BCUT2D eigenvalue weighted by Crippen LogP contribution is 2.47. The Balaban J connectivity index is 1.39. The van der Waals surface area contributed by atoms with Crippen LogP contribution in [-0.4, -0.2) is 0 Å². The van der Waals surface area contributed by atoms with Crippen LogP contribution in [0.3, 0.4) is 0 Å². The summed E-state index contributed by atoms with van der Waals surface area (Å²) in [6.45, 7) is 0. The molecule has 0 unspecified atom stereocenters. The van der Waals surface area contributed by atoms with Gasteiger partial charge in [0.2, 0.25) is 0 Å². The smallest absolute Gasteiger partial charge is 0.143 e. The van der Waals surface area contributed by atoms with Crippen LogP contribution in [0.15, 0.2) is 138 Å². The third-order valence-electron chi connectivity index (χ3n) is 9.03. The van der Waals surface area contributed by atoms with E-state index in [1.165, 1.54) is 79.8 Å². The third-order valence-corrected chi connectivity index (χ3v) is 10.2. The molecule has 2 heteroatoms. The number of fused-ring (bicyclic) bond motifs is 14. The van der Waals surface area contributed by atoms with Gasteiger partial charge in [-0.25, -0.2) is 0 Å². The zero-order valence-corrected chi connectivity index (χ0v) is 23.3. The van der Waals surface area contributed by atoms with Crippen molar-refractivity contribution in [1.82, 2.24) is 0 Å². The molecular weight excluding hydrogens is 529 g/mol. The first-order valence-electron chi connectivity index (χ1n) is 14.4. The van der Waals surface area contributed by atoms with Crippen LogP contribution in [0, 0.1) is 0 Å². The Morgan fingerprint density at radius 3 is 1.76 bits per heavy atom. The summed E-state index contributed by atoms with van der Waals surface area (Å²) in [4.78, 5) is 0. The predicted octanol–water partition coefficient (Wildman–Crippen LogP) is 12.2. The minimum absolute atomic E-state index is 0.930. The van der Waals surface area contributed by atoms with E-state index in [0.29, 0.717) is 0 Å². The van der Waals surface area contributed by atoms with Crippen LogP contribution < -0.4 is 0 Å². The summed E-state index contributed by atoms with van der Waals surface area (Å²) in [5, 5.41) is 15.1. The molecule has 0 aliphatic rings. The maximum Gasteiger partial charge on any atom is 0.143 e. The van der Waals surface area contributed by atoms with Crippen molar-refractivity contribution in [3.05, 3.63) is 133 Å². The third kappa shape index (κ3) is 2.92. The highest BCUT2D eigenvalue weighted by molar-refractivity contribution is 7.26. The van der Waals surface area contributed by atoms with Crippen LogP contribution in [0.2, 0.25) is 0 Å². The molecule has 0 amide bonds. The topological polar surface area (TPSA) is 13.1 Å². The fourth-order valence-corrected chi connectivity index (χ4v) is 8.44. The van der Waals surface area contributed by atoms with Crippen molar-refractivity contribution in [3.63, 3.8) is 0 Å². The Morgan fingerprint density at radius 1 is 0.381 bits per heavy atom. The van der Waals surface area contributed by atoms with E-state index in [1.807, 2.05) is 11.3 Å². The Labute approximate surface area is 244 Å². The van der Waals surface area contributed by atoms with Gasteiger partial charge in [-0.15, -0.1) is 11.3 Å². The van der Waals surface area contributed by atoms with Crippen LogP contribution in [0.5, 0.6) is 0 Å². The standard InChI is InChI=1S/C40H22OS/c1-3-11-27-23(7-1)15-19-31-37-33(41-39(27)31)21-17-25-9-5-13-29(35(25)37)30-14-6-10-26-18-22-34-38(36(26)30)32-20-16-24-8-2-4-12-28(24)40(32)42-34/h1-22H. The molecule has 0 radical (unpaired) electrons. The van der Waals surface area contributed by atoms with E-state index in [0.717, 1.165) is 16.6 Å². The van der Waals surface area contributed by atoms with Crippen molar-refractivity contribution < 1.29 is 4.42 Å². The lowest BCUT2D eigenvalue weighted by atomic mass is 9.90. The molecule has 0 bridgehead atoms. The summed E-state index contributed by atoms with van der Waals surface area (Å²) in [6.07, 6.45) is 0. The molecule has 8 aromatic carbocycles. The lowest BCUT2D eigenvalue weighted by molar-refractivity contribution is 0.673. The normalized spacial score (nSPS) is 12.3. The first-order chi connectivity index (χ1) is 20.8. The van der Waals surface area contributed by atoms with Crippen molar-refractivity contribution in [2.24, 2.45) is 0 Å². The van der Waals surface area contributed by atoms with Gasteiger partial charge in [0.25, 0.3) is 0 Å². The van der Waals surface area contributed by atoms with Gasteiger partial charge < -0.3 is 4.42 Å². The van der Waals surface area contributed by atoms with Crippen molar-refractivity contribution in [1.29, 1.82) is 0 Å². The summed E-state index contributed by atoms with van der Waals surface area (Å²) in [5.74, 6) is 0. The first kappa shape index (κ1) is 22.5. The van der Waals surface area contributed by atoms with E-state index in [9.17, 15) is 0 Å². The monoisotopic (exact) mass is 550 g/mol. The zero-order chi connectivity index (χ0) is 27.4. The van der Waals surface area contributed by atoms with E-state index in [1.54, 1.807) is 0 Å². The van der Waals surface area contributed by atoms with E-state index in [2.05, 4.69) is 133 Å². The van der Waals surface area contributed by atoms with Gasteiger partial charge in [-0.1, -0.05) is 115 Å². The van der Waals surface area contributed by atoms with Crippen molar-refractivity contribution in [2.75, 3.05) is 0 Å². The maximum absolute atomic E-state index is 6.61. The van der Waals surface area contributed by atoms with Crippen molar-refractivity contribution in [2.45, 2.75) is 0 Å². The predicted molar refractivity (Wildman–Crippen MR) is 182 cm³/mol. The van der Waals surface area contributed by atoms with E-state index >= 15 is 0 Å². The van der Waals surface area contributed by atoms with Gasteiger partial charge in [-0.05, 0) is 61.6 Å². The Hall–Kier alpha value is -5.18. The van der Waals surface area contributed by atoms with Crippen LogP contribution in [0.1, 0.15) is 0 Å². The molecule has 10 rings (SSSR count).